The van der Waals surface area contributed by atoms with Crippen molar-refractivity contribution in [3.8, 4) is 0 Å². The Morgan fingerprint density at radius 3 is 3.05 bits per heavy atom. The minimum atomic E-state index is -0.0520. The van der Waals surface area contributed by atoms with Crippen LogP contribution >= 0.6 is 0 Å². The monoisotopic (exact) mass is 300 g/mol. The standard InChI is InChI=1S/C16H20N4O2/c21-16-14(10-13-4-2-1-3-5-13)6-7-15-11-18-19-20(15)12-22-9-8-17-16/h1-5,11,14H,6-10,12H2,(H,17,21)/t14-/m1/s1. The lowest BCUT2D eigenvalue weighted by molar-refractivity contribution is -0.125. The molecule has 0 radical (unpaired) electrons. The van der Waals surface area contributed by atoms with E-state index in [1.807, 2.05) is 18.2 Å². The van der Waals surface area contributed by atoms with Gasteiger partial charge in [0.2, 0.25) is 5.91 Å². The van der Waals surface area contributed by atoms with Crippen LogP contribution in [0.3, 0.4) is 0 Å². The van der Waals surface area contributed by atoms with Gasteiger partial charge in [-0.25, -0.2) is 4.68 Å². The molecule has 116 valence electrons. The fourth-order valence-corrected chi connectivity index (χ4v) is 2.67. The van der Waals surface area contributed by atoms with Crippen LogP contribution in [0.1, 0.15) is 17.7 Å². The van der Waals surface area contributed by atoms with Gasteiger partial charge < -0.3 is 10.1 Å². The van der Waals surface area contributed by atoms with Crippen LogP contribution in [0.15, 0.2) is 36.5 Å². The van der Waals surface area contributed by atoms with Crippen LogP contribution in [-0.4, -0.2) is 34.1 Å². The van der Waals surface area contributed by atoms with Crippen LogP contribution in [0, 0.1) is 5.92 Å². The molecular weight excluding hydrogens is 280 g/mol. The molecule has 1 N–H and O–H groups in total. The van der Waals surface area contributed by atoms with Crippen molar-refractivity contribution in [1.82, 2.24) is 20.3 Å². The van der Waals surface area contributed by atoms with Crippen LogP contribution in [0.25, 0.3) is 0 Å². The molecule has 1 aromatic heterocycles. The van der Waals surface area contributed by atoms with Crippen molar-refractivity contribution in [1.29, 1.82) is 0 Å². The number of benzene rings is 1. The lowest BCUT2D eigenvalue weighted by atomic mass is 9.93. The van der Waals surface area contributed by atoms with Gasteiger partial charge >= 0.3 is 0 Å². The number of ether oxygens (including phenoxy) is 1. The molecule has 22 heavy (non-hydrogen) atoms. The van der Waals surface area contributed by atoms with Gasteiger partial charge in [0.1, 0.15) is 6.73 Å². The summed E-state index contributed by atoms with van der Waals surface area (Å²) in [6, 6.07) is 10.1. The minimum Gasteiger partial charge on any atom is -0.357 e. The summed E-state index contributed by atoms with van der Waals surface area (Å²) in [5, 5.41) is 10.9. The van der Waals surface area contributed by atoms with Crippen LogP contribution in [-0.2, 0) is 29.1 Å². The number of hydrogen-bond donors (Lipinski definition) is 1. The Balaban J connectivity index is 1.74. The summed E-state index contributed by atoms with van der Waals surface area (Å²) < 4.78 is 7.26. The zero-order valence-corrected chi connectivity index (χ0v) is 12.4. The second-order valence-electron chi connectivity index (χ2n) is 5.48. The highest BCUT2D eigenvalue weighted by Crippen LogP contribution is 2.16. The topological polar surface area (TPSA) is 69.0 Å². The van der Waals surface area contributed by atoms with Gasteiger partial charge in [0.15, 0.2) is 0 Å². The van der Waals surface area contributed by atoms with Gasteiger partial charge in [0.05, 0.1) is 18.5 Å². The fourth-order valence-electron chi connectivity index (χ4n) is 2.67. The van der Waals surface area contributed by atoms with Crippen molar-refractivity contribution < 1.29 is 9.53 Å². The van der Waals surface area contributed by atoms with Crippen molar-refractivity contribution in [2.24, 2.45) is 5.92 Å². The first-order chi connectivity index (χ1) is 10.8. The molecule has 1 aliphatic heterocycles. The minimum absolute atomic E-state index is 0.0520. The Hall–Kier alpha value is -2.21. The first-order valence-corrected chi connectivity index (χ1v) is 7.59. The summed E-state index contributed by atoms with van der Waals surface area (Å²) in [6.07, 6.45) is 4.03. The molecule has 1 aliphatic rings. The molecule has 0 saturated carbocycles. The Labute approximate surface area is 129 Å². The van der Waals surface area contributed by atoms with Crippen molar-refractivity contribution in [3.63, 3.8) is 0 Å². The first kappa shape index (κ1) is 14.7. The normalized spacial score (nSPS) is 19.8. The fraction of sp³-hybridized carbons (Fsp3) is 0.438. The Morgan fingerprint density at radius 2 is 2.18 bits per heavy atom. The third-order valence-electron chi connectivity index (χ3n) is 3.90. The molecule has 3 rings (SSSR count). The highest BCUT2D eigenvalue weighted by atomic mass is 16.5. The van der Waals surface area contributed by atoms with Crippen molar-refractivity contribution >= 4 is 5.91 Å². The molecule has 6 nitrogen and oxygen atoms in total. The quantitative estimate of drug-likeness (QED) is 0.904. The number of carbonyl (C=O) groups is 1. The number of amides is 1. The molecular formula is C16H20N4O2. The SMILES string of the molecule is O=C1NCCOCn2nncc2CC[C@@H]1Cc1ccccc1. The zero-order valence-electron chi connectivity index (χ0n) is 12.4. The summed E-state index contributed by atoms with van der Waals surface area (Å²) in [5.41, 5.74) is 2.19. The molecule has 1 atom stereocenters. The van der Waals surface area contributed by atoms with E-state index in [0.29, 0.717) is 19.9 Å². The van der Waals surface area contributed by atoms with E-state index in [2.05, 4.69) is 27.8 Å². The number of rotatable bonds is 2. The Kier molecular flexibility index (Phi) is 4.80. The van der Waals surface area contributed by atoms with E-state index in [9.17, 15) is 4.79 Å². The molecule has 1 amide bonds. The highest BCUT2D eigenvalue weighted by molar-refractivity contribution is 5.78. The van der Waals surface area contributed by atoms with E-state index in [-0.39, 0.29) is 11.8 Å². The summed E-state index contributed by atoms with van der Waals surface area (Å²) in [4.78, 5) is 12.4. The van der Waals surface area contributed by atoms with Crippen LogP contribution in [0.5, 0.6) is 0 Å². The third-order valence-corrected chi connectivity index (χ3v) is 3.90. The van der Waals surface area contributed by atoms with E-state index in [1.165, 1.54) is 5.56 Å². The van der Waals surface area contributed by atoms with Crippen LogP contribution in [0.2, 0.25) is 0 Å². The van der Waals surface area contributed by atoms with Gasteiger partial charge in [-0.05, 0) is 24.8 Å². The average Bonchev–Trinajstić information content (AvgIpc) is 2.98. The van der Waals surface area contributed by atoms with Crippen molar-refractivity contribution in [3.05, 3.63) is 47.8 Å². The predicted octanol–water partition coefficient (Wildman–Crippen LogP) is 1.17. The van der Waals surface area contributed by atoms with Gasteiger partial charge in [-0.3, -0.25) is 4.79 Å². The number of aromatic nitrogens is 3. The highest BCUT2D eigenvalue weighted by Gasteiger charge is 2.20. The summed E-state index contributed by atoms with van der Waals surface area (Å²) in [6.45, 7) is 1.38. The van der Waals surface area contributed by atoms with Gasteiger partial charge in [0.25, 0.3) is 0 Å². The predicted molar refractivity (Wildman–Crippen MR) is 80.9 cm³/mol. The maximum absolute atomic E-state index is 12.4. The molecule has 2 aromatic rings. The number of hydrogen-bond acceptors (Lipinski definition) is 4. The van der Waals surface area contributed by atoms with Crippen molar-refractivity contribution in [2.75, 3.05) is 13.2 Å². The smallest absolute Gasteiger partial charge is 0.223 e. The number of nitrogens with one attached hydrogen (secondary N) is 1. The second kappa shape index (κ2) is 7.17. The van der Waals surface area contributed by atoms with Gasteiger partial charge in [0, 0.05) is 12.5 Å². The van der Waals surface area contributed by atoms with Crippen LogP contribution in [0.4, 0.5) is 0 Å². The van der Waals surface area contributed by atoms with Crippen LogP contribution < -0.4 is 5.32 Å². The molecule has 0 fully saturated rings. The number of carbonyl (C=O) groups excluding carboxylic acids is 1. The van der Waals surface area contributed by atoms with E-state index >= 15 is 0 Å². The van der Waals surface area contributed by atoms with Crippen molar-refractivity contribution in [2.45, 2.75) is 26.0 Å². The zero-order chi connectivity index (χ0) is 15.2. The third kappa shape index (κ3) is 3.71. The molecule has 1 aromatic carbocycles. The number of nitrogens with zero attached hydrogens (tertiary/aromatic N) is 3. The lowest BCUT2D eigenvalue weighted by Gasteiger charge is -2.16. The maximum atomic E-state index is 12.4. The maximum Gasteiger partial charge on any atom is 0.223 e. The van der Waals surface area contributed by atoms with Gasteiger partial charge in [-0.1, -0.05) is 35.5 Å². The van der Waals surface area contributed by atoms with E-state index in [0.717, 1.165) is 25.0 Å². The molecule has 0 unspecified atom stereocenters. The van der Waals surface area contributed by atoms with E-state index in [4.69, 9.17) is 4.74 Å². The first-order valence-electron chi connectivity index (χ1n) is 7.59. The molecule has 2 heterocycles. The molecule has 0 aliphatic carbocycles. The number of aryl methyl sites for hydroxylation is 1. The Morgan fingerprint density at radius 1 is 1.32 bits per heavy atom. The molecule has 0 spiro atoms. The van der Waals surface area contributed by atoms with E-state index < -0.39 is 0 Å². The molecule has 0 bridgehead atoms. The van der Waals surface area contributed by atoms with E-state index in [1.54, 1.807) is 10.9 Å². The average molecular weight is 300 g/mol. The molecule has 0 saturated heterocycles. The Bertz CT molecular complexity index is 612. The van der Waals surface area contributed by atoms with Gasteiger partial charge in [-0.15, -0.1) is 5.10 Å². The second-order valence-corrected chi connectivity index (χ2v) is 5.48. The van der Waals surface area contributed by atoms with Gasteiger partial charge in [-0.2, -0.15) is 0 Å². The number of fused-ring (bicyclic) bond motifs is 1. The summed E-state index contributed by atoms with van der Waals surface area (Å²) >= 11 is 0. The summed E-state index contributed by atoms with van der Waals surface area (Å²) in [7, 11) is 0. The molecule has 6 heteroatoms. The lowest BCUT2D eigenvalue weighted by Crippen LogP contribution is -2.34. The largest absolute Gasteiger partial charge is 0.357 e. The summed E-state index contributed by atoms with van der Waals surface area (Å²) in [5.74, 6) is 0.0391.